The second-order valence-corrected chi connectivity index (χ2v) is 11.4. The van der Waals surface area contributed by atoms with E-state index in [0.29, 0.717) is 5.56 Å². The molecule has 1 unspecified atom stereocenters. The average Bonchev–Trinajstić information content (AvgIpc) is 2.71. The number of anilines is 1. The van der Waals surface area contributed by atoms with Crippen LogP contribution in [0.4, 0.5) is 10.5 Å². The lowest BCUT2D eigenvalue weighted by Gasteiger charge is -2.31. The number of alkyl carbamates (subject to hydrolysis) is 1. The van der Waals surface area contributed by atoms with Crippen molar-refractivity contribution in [2.75, 3.05) is 5.32 Å². The lowest BCUT2D eigenvalue weighted by Crippen LogP contribution is -2.47. The van der Waals surface area contributed by atoms with Crippen molar-refractivity contribution in [2.24, 2.45) is 17.1 Å². The number of hydrogen-bond acceptors (Lipinski definition) is 7. The predicted octanol–water partition coefficient (Wildman–Crippen LogP) is 2.76. The number of rotatable bonds is 10. The van der Waals surface area contributed by atoms with E-state index in [0.717, 1.165) is 0 Å². The molecule has 0 aromatic heterocycles. The number of aliphatic carboxylic acids is 1. The molecular formula is C26H42N4O7. The smallest absolute Gasteiger partial charge is 0.407 e. The van der Waals surface area contributed by atoms with Crippen molar-refractivity contribution < 1.29 is 34.1 Å². The molecule has 11 heteroatoms. The largest absolute Gasteiger partial charge is 0.506 e. The van der Waals surface area contributed by atoms with Crippen LogP contribution >= 0.6 is 0 Å². The van der Waals surface area contributed by atoms with E-state index in [9.17, 15) is 29.4 Å². The molecule has 0 aliphatic rings. The molecule has 4 atom stereocenters. The molecule has 1 aromatic rings. The highest BCUT2D eigenvalue weighted by atomic mass is 16.6. The molecule has 7 N–H and O–H groups in total. The van der Waals surface area contributed by atoms with Crippen molar-refractivity contribution in [2.45, 2.75) is 92.0 Å². The summed E-state index contributed by atoms with van der Waals surface area (Å²) in [6.07, 6.45) is -0.346. The molecule has 0 fully saturated rings. The maximum atomic E-state index is 12.5. The van der Waals surface area contributed by atoms with Crippen LogP contribution in [0.1, 0.15) is 67.4 Å². The highest BCUT2D eigenvalue weighted by molar-refractivity contribution is 5.98. The summed E-state index contributed by atoms with van der Waals surface area (Å²) in [4.78, 5) is 48.8. The molecule has 0 heterocycles. The summed E-state index contributed by atoms with van der Waals surface area (Å²) in [6.45, 7) is 13.6. The van der Waals surface area contributed by atoms with Crippen LogP contribution in [0.2, 0.25) is 0 Å². The lowest BCUT2D eigenvalue weighted by atomic mass is 9.76. The Morgan fingerprint density at radius 3 is 2.08 bits per heavy atom. The third-order valence-electron chi connectivity index (χ3n) is 5.55. The first kappa shape index (κ1) is 31.7. The number of aromatic hydroxyl groups is 1. The van der Waals surface area contributed by atoms with Gasteiger partial charge in [-0.1, -0.05) is 26.8 Å². The summed E-state index contributed by atoms with van der Waals surface area (Å²) in [5, 5.41) is 27.9. The van der Waals surface area contributed by atoms with Crippen molar-refractivity contribution in [3.8, 4) is 5.75 Å². The number of carbonyl (C=O) groups is 4. The number of phenols is 1. The molecule has 0 saturated heterocycles. The zero-order chi connectivity index (χ0) is 28.7. The summed E-state index contributed by atoms with van der Waals surface area (Å²) in [5.41, 5.74) is 4.93. The fourth-order valence-electron chi connectivity index (χ4n) is 3.52. The highest BCUT2D eigenvalue weighted by Crippen LogP contribution is 2.32. The third-order valence-corrected chi connectivity index (χ3v) is 5.55. The van der Waals surface area contributed by atoms with E-state index in [4.69, 9.17) is 10.5 Å². The normalized spacial score (nSPS) is 15.1. The zero-order valence-corrected chi connectivity index (χ0v) is 23.0. The SMILES string of the molecule is C[C@H](N)C(=O)N[C@@H](C)C(=O)Nc1cc(CC(C[C@@H](C(=O)O)C(C)(C)C)NC(=O)OC(C)(C)C)ccc1O. The Hall–Kier alpha value is -3.34. The van der Waals surface area contributed by atoms with Crippen molar-refractivity contribution >= 4 is 29.6 Å². The van der Waals surface area contributed by atoms with Gasteiger partial charge in [0.25, 0.3) is 0 Å². The number of amides is 3. The minimum atomic E-state index is -0.982. The maximum Gasteiger partial charge on any atom is 0.407 e. The Bertz CT molecular complexity index is 980. The van der Waals surface area contributed by atoms with E-state index in [1.165, 1.54) is 26.0 Å². The second-order valence-electron chi connectivity index (χ2n) is 11.4. The van der Waals surface area contributed by atoms with Crippen LogP contribution in [-0.4, -0.2) is 57.8 Å². The average molecular weight is 523 g/mol. The molecular weight excluding hydrogens is 480 g/mol. The van der Waals surface area contributed by atoms with Gasteiger partial charge in [0.2, 0.25) is 11.8 Å². The number of nitrogens with one attached hydrogen (secondary N) is 3. The summed E-state index contributed by atoms with van der Waals surface area (Å²) >= 11 is 0. The Morgan fingerprint density at radius 2 is 1.59 bits per heavy atom. The Labute approximate surface area is 218 Å². The molecule has 208 valence electrons. The number of nitrogens with two attached hydrogens (primary N) is 1. The quantitative estimate of drug-likeness (QED) is 0.254. The van der Waals surface area contributed by atoms with Gasteiger partial charge in [0.05, 0.1) is 17.6 Å². The predicted molar refractivity (Wildman–Crippen MR) is 140 cm³/mol. The van der Waals surface area contributed by atoms with Crippen molar-refractivity contribution in [3.63, 3.8) is 0 Å². The van der Waals surface area contributed by atoms with Crippen LogP contribution in [0.3, 0.4) is 0 Å². The molecule has 3 amide bonds. The molecule has 1 aromatic carbocycles. The molecule has 0 aliphatic heterocycles. The van der Waals surface area contributed by atoms with Crippen LogP contribution < -0.4 is 21.7 Å². The molecule has 11 nitrogen and oxygen atoms in total. The van der Waals surface area contributed by atoms with Gasteiger partial charge >= 0.3 is 12.1 Å². The lowest BCUT2D eigenvalue weighted by molar-refractivity contribution is -0.146. The Morgan fingerprint density at radius 1 is 1.00 bits per heavy atom. The van der Waals surface area contributed by atoms with Gasteiger partial charge in [-0.05, 0) is 70.6 Å². The van der Waals surface area contributed by atoms with E-state index in [2.05, 4.69) is 16.0 Å². The number of carbonyl (C=O) groups excluding carboxylic acids is 3. The summed E-state index contributed by atoms with van der Waals surface area (Å²) in [5.74, 6) is -3.01. The van der Waals surface area contributed by atoms with Crippen LogP contribution in [0.5, 0.6) is 5.75 Å². The fraction of sp³-hybridized carbons (Fsp3) is 0.615. The van der Waals surface area contributed by atoms with Crippen molar-refractivity contribution in [1.29, 1.82) is 0 Å². The van der Waals surface area contributed by atoms with Crippen molar-refractivity contribution in [1.82, 2.24) is 10.6 Å². The van der Waals surface area contributed by atoms with Gasteiger partial charge in [-0.15, -0.1) is 0 Å². The first-order valence-corrected chi connectivity index (χ1v) is 12.2. The molecule has 0 bridgehead atoms. The number of carboxylic acid groups (broad SMARTS) is 1. The minimum absolute atomic E-state index is 0.103. The second kappa shape index (κ2) is 12.8. The first-order chi connectivity index (χ1) is 16.8. The number of phenolic OH excluding ortho intramolecular Hbond substituents is 1. The summed E-state index contributed by atoms with van der Waals surface area (Å²) in [6, 6.07) is 2.22. The molecule has 1 rings (SSSR count). The van der Waals surface area contributed by atoms with Gasteiger partial charge in [-0.3, -0.25) is 14.4 Å². The number of carboxylic acids is 1. The van der Waals surface area contributed by atoms with Gasteiger partial charge in [-0.2, -0.15) is 0 Å². The van der Waals surface area contributed by atoms with Gasteiger partial charge in [-0.25, -0.2) is 4.79 Å². The van der Waals surface area contributed by atoms with E-state index in [1.807, 2.05) is 20.8 Å². The van der Waals surface area contributed by atoms with Crippen LogP contribution in [0.15, 0.2) is 18.2 Å². The number of ether oxygens (including phenoxy) is 1. The maximum absolute atomic E-state index is 12.5. The van der Waals surface area contributed by atoms with Crippen molar-refractivity contribution in [3.05, 3.63) is 23.8 Å². The minimum Gasteiger partial charge on any atom is -0.506 e. The van der Waals surface area contributed by atoms with Crippen LogP contribution in [0.25, 0.3) is 0 Å². The van der Waals surface area contributed by atoms with Gasteiger partial charge in [0.1, 0.15) is 17.4 Å². The zero-order valence-electron chi connectivity index (χ0n) is 23.0. The monoisotopic (exact) mass is 522 g/mol. The standard InChI is InChI=1S/C26H42N4O7/c1-14(27)21(32)28-15(2)22(33)30-19-12-16(9-10-20(19)31)11-17(29-24(36)37-26(6,7)8)13-18(23(34)35)25(3,4)5/h9-10,12,14-15,17-18,31H,11,13,27H2,1-8H3,(H,28,32)(H,29,36)(H,30,33)(H,34,35)/t14-,15-,17?,18-/m0/s1. The first-order valence-electron chi connectivity index (χ1n) is 12.2. The molecule has 0 aliphatic carbocycles. The van der Waals surface area contributed by atoms with Gasteiger partial charge < -0.3 is 36.6 Å². The van der Waals surface area contributed by atoms with Gasteiger partial charge in [0, 0.05) is 6.04 Å². The Balaban J connectivity index is 3.16. The van der Waals surface area contributed by atoms with Crippen LogP contribution in [0, 0.1) is 11.3 Å². The van der Waals surface area contributed by atoms with Crippen LogP contribution in [-0.2, 0) is 25.5 Å². The highest BCUT2D eigenvalue weighted by Gasteiger charge is 2.34. The van der Waals surface area contributed by atoms with Gasteiger partial charge in [0.15, 0.2) is 0 Å². The fourth-order valence-corrected chi connectivity index (χ4v) is 3.52. The van der Waals surface area contributed by atoms with E-state index < -0.39 is 58.9 Å². The number of benzene rings is 1. The molecule has 37 heavy (non-hydrogen) atoms. The topological polar surface area (TPSA) is 180 Å². The molecule has 0 saturated carbocycles. The van der Waals surface area contributed by atoms with E-state index in [-0.39, 0.29) is 24.3 Å². The molecule has 0 spiro atoms. The van der Waals surface area contributed by atoms with E-state index in [1.54, 1.807) is 26.8 Å². The third kappa shape index (κ3) is 11.1. The Kier molecular flexibility index (Phi) is 10.9. The molecule has 0 radical (unpaired) electrons. The van der Waals surface area contributed by atoms with E-state index >= 15 is 0 Å². The number of hydrogen-bond donors (Lipinski definition) is 6. The summed E-state index contributed by atoms with van der Waals surface area (Å²) in [7, 11) is 0. The summed E-state index contributed by atoms with van der Waals surface area (Å²) < 4.78 is 5.37.